The van der Waals surface area contributed by atoms with Crippen LogP contribution >= 0.6 is 0 Å². The minimum Gasteiger partial charge on any atom is -0.330 e. The third-order valence-corrected chi connectivity index (χ3v) is 4.13. The maximum Gasteiger partial charge on any atom is 0.0155 e. The van der Waals surface area contributed by atoms with Crippen LogP contribution in [-0.4, -0.2) is 12.1 Å². The molecule has 0 aliphatic heterocycles. The van der Waals surface area contributed by atoms with Crippen LogP contribution in [-0.2, 0) is 0 Å². The van der Waals surface area contributed by atoms with E-state index in [4.69, 9.17) is 11.5 Å². The maximum atomic E-state index is 6.22. The zero-order valence-corrected chi connectivity index (χ0v) is 7.81. The largest absolute Gasteiger partial charge is 0.330 e. The number of hydrogen-bond donors (Lipinski definition) is 2. The smallest absolute Gasteiger partial charge is 0.0155 e. The Morgan fingerprint density at radius 2 is 1.42 bits per heavy atom. The zero-order valence-electron chi connectivity index (χ0n) is 7.81. The summed E-state index contributed by atoms with van der Waals surface area (Å²) in [6.07, 6.45) is 8.96. The van der Waals surface area contributed by atoms with E-state index < -0.39 is 0 Å². The fourth-order valence-corrected chi connectivity index (χ4v) is 2.97. The second kappa shape index (κ2) is 2.71. The summed E-state index contributed by atoms with van der Waals surface area (Å²) in [7, 11) is 0. The Hall–Kier alpha value is -0.0800. The van der Waals surface area contributed by atoms with Gasteiger partial charge in [0.25, 0.3) is 0 Å². The van der Waals surface area contributed by atoms with Gasteiger partial charge in [-0.3, -0.25) is 0 Å². The Bertz CT molecular complexity index is 152. The second-order valence-electron chi connectivity index (χ2n) is 4.90. The molecule has 0 heterocycles. The van der Waals surface area contributed by atoms with Crippen LogP contribution in [0.3, 0.4) is 0 Å². The number of hydrogen-bond acceptors (Lipinski definition) is 2. The Kier molecular flexibility index (Phi) is 1.92. The topological polar surface area (TPSA) is 52.0 Å². The van der Waals surface area contributed by atoms with Gasteiger partial charge in [-0.05, 0) is 56.9 Å². The van der Waals surface area contributed by atoms with Crippen LogP contribution in [0.2, 0.25) is 0 Å². The highest BCUT2D eigenvalue weighted by Crippen LogP contribution is 2.52. The molecule has 4 N–H and O–H groups in total. The number of nitrogens with two attached hydrogens (primary N) is 2. The molecule has 0 saturated heterocycles. The molecule has 2 bridgehead atoms. The third-order valence-electron chi connectivity index (χ3n) is 4.13. The molecule has 0 amide bonds. The summed E-state index contributed by atoms with van der Waals surface area (Å²) in [5.41, 5.74) is 12.7. The first-order valence-corrected chi connectivity index (χ1v) is 5.17. The van der Waals surface area contributed by atoms with Crippen LogP contribution in [0, 0.1) is 5.41 Å². The van der Waals surface area contributed by atoms with Crippen molar-refractivity contribution in [2.45, 2.75) is 50.5 Å². The van der Waals surface area contributed by atoms with Gasteiger partial charge in [0, 0.05) is 5.54 Å². The first-order valence-electron chi connectivity index (χ1n) is 5.17. The molecule has 0 atom stereocenters. The Morgan fingerprint density at radius 3 is 1.83 bits per heavy atom. The van der Waals surface area contributed by atoms with Gasteiger partial charge < -0.3 is 11.5 Å². The molecule has 3 fully saturated rings. The molecule has 3 aliphatic carbocycles. The maximum absolute atomic E-state index is 6.22. The van der Waals surface area contributed by atoms with E-state index in [1.807, 2.05) is 0 Å². The number of fused-ring (bicyclic) bond motifs is 3. The molecular weight excluding hydrogens is 148 g/mol. The normalized spacial score (nSPS) is 46.5. The van der Waals surface area contributed by atoms with Crippen molar-refractivity contribution in [2.75, 3.05) is 6.54 Å². The molecule has 0 radical (unpaired) electrons. The monoisotopic (exact) mass is 168 g/mol. The molecule has 12 heavy (non-hydrogen) atoms. The van der Waals surface area contributed by atoms with E-state index >= 15 is 0 Å². The molecule has 70 valence electrons. The van der Waals surface area contributed by atoms with Crippen molar-refractivity contribution in [3.05, 3.63) is 0 Å². The summed E-state index contributed by atoms with van der Waals surface area (Å²) in [6, 6.07) is 0. The Labute approximate surface area is 74.7 Å². The van der Waals surface area contributed by atoms with Crippen molar-refractivity contribution in [1.29, 1.82) is 0 Å². The highest BCUT2D eigenvalue weighted by molar-refractivity contribution is 5.02. The molecule has 0 aromatic heterocycles. The molecule has 0 aromatic rings. The summed E-state index contributed by atoms with van der Waals surface area (Å²) in [4.78, 5) is 0. The van der Waals surface area contributed by atoms with Crippen molar-refractivity contribution in [3.8, 4) is 0 Å². The van der Waals surface area contributed by atoms with Crippen LogP contribution in [0.1, 0.15) is 44.9 Å². The van der Waals surface area contributed by atoms with Crippen LogP contribution in [0.15, 0.2) is 0 Å². The van der Waals surface area contributed by atoms with Crippen LogP contribution < -0.4 is 11.5 Å². The van der Waals surface area contributed by atoms with E-state index in [1.54, 1.807) is 0 Å². The lowest BCUT2D eigenvalue weighted by Crippen LogP contribution is -2.52. The minimum absolute atomic E-state index is 0.219. The van der Waals surface area contributed by atoms with Crippen molar-refractivity contribution < 1.29 is 0 Å². The zero-order chi connectivity index (χ0) is 8.66. The average molecular weight is 168 g/mol. The predicted molar refractivity (Wildman–Crippen MR) is 50.7 cm³/mol. The summed E-state index contributed by atoms with van der Waals surface area (Å²) >= 11 is 0. The predicted octanol–water partition coefficient (Wildman–Crippen LogP) is 1.39. The standard InChI is InChI=1S/C10H20N2/c11-8-7-9-1-4-10(12,5-2-9)6-3-9/h1-8,11-12H2. The van der Waals surface area contributed by atoms with Gasteiger partial charge in [0.15, 0.2) is 0 Å². The number of rotatable bonds is 2. The van der Waals surface area contributed by atoms with Gasteiger partial charge in [0.05, 0.1) is 0 Å². The molecule has 3 saturated carbocycles. The van der Waals surface area contributed by atoms with E-state index in [9.17, 15) is 0 Å². The Balaban J connectivity index is 2.04. The van der Waals surface area contributed by atoms with Crippen LogP contribution in [0.4, 0.5) is 0 Å². The van der Waals surface area contributed by atoms with Crippen molar-refractivity contribution in [2.24, 2.45) is 16.9 Å². The molecule has 2 heteroatoms. The quantitative estimate of drug-likeness (QED) is 0.654. The summed E-state index contributed by atoms with van der Waals surface area (Å²) in [5.74, 6) is 0. The van der Waals surface area contributed by atoms with Gasteiger partial charge in [-0.25, -0.2) is 0 Å². The van der Waals surface area contributed by atoms with Gasteiger partial charge in [0.1, 0.15) is 0 Å². The SMILES string of the molecule is NCCC12CCC(N)(CC1)CC2. The van der Waals surface area contributed by atoms with Gasteiger partial charge in [-0.15, -0.1) is 0 Å². The van der Waals surface area contributed by atoms with Crippen LogP contribution in [0.5, 0.6) is 0 Å². The van der Waals surface area contributed by atoms with Crippen molar-refractivity contribution in [1.82, 2.24) is 0 Å². The van der Waals surface area contributed by atoms with E-state index in [0.29, 0.717) is 5.41 Å². The third kappa shape index (κ3) is 1.27. The van der Waals surface area contributed by atoms with Crippen LogP contribution in [0.25, 0.3) is 0 Å². The van der Waals surface area contributed by atoms with E-state index in [2.05, 4.69) is 0 Å². The van der Waals surface area contributed by atoms with E-state index in [-0.39, 0.29) is 5.54 Å². The minimum atomic E-state index is 0.219. The molecule has 0 aromatic carbocycles. The van der Waals surface area contributed by atoms with Gasteiger partial charge in [-0.1, -0.05) is 0 Å². The molecule has 3 aliphatic rings. The fraction of sp³-hybridized carbons (Fsp3) is 1.00. The summed E-state index contributed by atoms with van der Waals surface area (Å²) < 4.78 is 0. The van der Waals surface area contributed by atoms with Gasteiger partial charge in [-0.2, -0.15) is 0 Å². The first kappa shape index (κ1) is 8.52. The highest BCUT2D eigenvalue weighted by atomic mass is 14.8. The summed E-state index contributed by atoms with van der Waals surface area (Å²) in [5, 5.41) is 0. The van der Waals surface area contributed by atoms with Crippen molar-refractivity contribution >= 4 is 0 Å². The fourth-order valence-electron chi connectivity index (χ4n) is 2.97. The lowest BCUT2D eigenvalue weighted by molar-refractivity contribution is 0.0395. The molecule has 0 spiro atoms. The highest BCUT2D eigenvalue weighted by Gasteiger charge is 2.45. The Morgan fingerprint density at radius 1 is 0.917 bits per heavy atom. The first-order chi connectivity index (χ1) is 5.68. The lowest BCUT2D eigenvalue weighted by atomic mass is 9.56. The van der Waals surface area contributed by atoms with E-state index in [1.165, 1.54) is 44.9 Å². The molecule has 2 nitrogen and oxygen atoms in total. The molecule has 3 rings (SSSR count). The summed E-state index contributed by atoms with van der Waals surface area (Å²) in [6.45, 7) is 0.859. The lowest BCUT2D eigenvalue weighted by Gasteiger charge is -2.52. The van der Waals surface area contributed by atoms with Gasteiger partial charge in [0.2, 0.25) is 0 Å². The molecule has 0 unspecified atom stereocenters. The second-order valence-corrected chi connectivity index (χ2v) is 4.90. The van der Waals surface area contributed by atoms with E-state index in [0.717, 1.165) is 6.54 Å². The average Bonchev–Trinajstić information content (AvgIpc) is 2.08. The molecular formula is C10H20N2. The van der Waals surface area contributed by atoms with Crippen molar-refractivity contribution in [3.63, 3.8) is 0 Å². The van der Waals surface area contributed by atoms with Gasteiger partial charge >= 0.3 is 0 Å².